The van der Waals surface area contributed by atoms with Crippen LogP contribution < -0.4 is 15.6 Å². The summed E-state index contributed by atoms with van der Waals surface area (Å²) < 4.78 is 0. The Balaban J connectivity index is 1.43. The van der Waals surface area contributed by atoms with E-state index in [1.165, 1.54) is 5.01 Å². The molecule has 2 aromatic rings. The Kier molecular flexibility index (Phi) is 6.08. The summed E-state index contributed by atoms with van der Waals surface area (Å²) in [4.78, 5) is 37.3. The number of carbonyl (C=O) groups is 3. The van der Waals surface area contributed by atoms with Crippen LogP contribution in [0.2, 0.25) is 0 Å². The third kappa shape index (κ3) is 4.88. The van der Waals surface area contributed by atoms with Crippen LogP contribution in [0.15, 0.2) is 47.6 Å². The Morgan fingerprint density at radius 3 is 2.47 bits per heavy atom. The van der Waals surface area contributed by atoms with E-state index in [0.717, 1.165) is 35.2 Å². The molecule has 2 aromatic carbocycles. The fraction of sp³-hybridized carbons (Fsp3) is 0.360. The molecule has 3 amide bonds. The van der Waals surface area contributed by atoms with Crippen molar-refractivity contribution in [3.8, 4) is 0 Å². The van der Waals surface area contributed by atoms with Gasteiger partial charge in [0, 0.05) is 24.4 Å². The summed E-state index contributed by atoms with van der Waals surface area (Å²) in [5.74, 6) is -0.185. The zero-order valence-electron chi connectivity index (χ0n) is 18.6. The normalized spacial score (nSPS) is 16.9. The maximum atomic E-state index is 12.9. The number of hydrazone groups is 1. The summed E-state index contributed by atoms with van der Waals surface area (Å²) in [6.07, 6.45) is 2.47. The highest BCUT2D eigenvalue weighted by Crippen LogP contribution is 2.30. The van der Waals surface area contributed by atoms with Crippen LogP contribution in [-0.2, 0) is 14.4 Å². The van der Waals surface area contributed by atoms with Crippen molar-refractivity contribution in [2.45, 2.75) is 52.5 Å². The number of amides is 3. The van der Waals surface area contributed by atoms with Crippen LogP contribution in [0, 0.1) is 19.8 Å². The predicted octanol–water partition coefficient (Wildman–Crippen LogP) is 4.01. The van der Waals surface area contributed by atoms with E-state index in [9.17, 15) is 14.4 Å². The second-order valence-corrected chi connectivity index (χ2v) is 8.62. The Morgan fingerprint density at radius 2 is 1.78 bits per heavy atom. The largest absolute Gasteiger partial charge is 0.344 e. The fourth-order valence-corrected chi connectivity index (χ4v) is 3.66. The second kappa shape index (κ2) is 8.94. The number of hydrogen-bond acceptors (Lipinski definition) is 4. The summed E-state index contributed by atoms with van der Waals surface area (Å²) >= 11 is 0. The molecule has 0 bridgehead atoms. The van der Waals surface area contributed by atoms with Crippen molar-refractivity contribution in [1.29, 1.82) is 0 Å². The highest BCUT2D eigenvalue weighted by Gasteiger charge is 2.30. The van der Waals surface area contributed by atoms with Gasteiger partial charge in [0.05, 0.1) is 11.7 Å². The molecule has 1 aliphatic heterocycles. The number of hydrogen-bond donors (Lipinski definition) is 2. The quantitative estimate of drug-likeness (QED) is 0.723. The second-order valence-electron chi connectivity index (χ2n) is 8.62. The van der Waals surface area contributed by atoms with Crippen LogP contribution in [0.25, 0.3) is 0 Å². The monoisotopic (exact) mass is 432 g/mol. The lowest BCUT2D eigenvalue weighted by Crippen LogP contribution is -2.40. The van der Waals surface area contributed by atoms with E-state index in [4.69, 9.17) is 0 Å². The summed E-state index contributed by atoms with van der Waals surface area (Å²) in [6, 6.07) is 13.1. The SMILES string of the molecule is Cc1ccc(C)c(N2N=C(C(=O)NC(C)c3ccc(NC(=O)C4CC4)cc3)CCC2=O)c1. The zero-order valence-corrected chi connectivity index (χ0v) is 18.6. The first-order valence-electron chi connectivity index (χ1n) is 11.0. The molecule has 7 nitrogen and oxygen atoms in total. The molecule has 2 aliphatic rings. The fourth-order valence-electron chi connectivity index (χ4n) is 3.66. The summed E-state index contributed by atoms with van der Waals surface area (Å²) in [6.45, 7) is 5.77. The molecule has 7 heteroatoms. The number of carbonyl (C=O) groups excluding carboxylic acids is 3. The van der Waals surface area contributed by atoms with Gasteiger partial charge in [-0.05, 0) is 68.5 Å². The van der Waals surface area contributed by atoms with E-state index in [0.29, 0.717) is 17.8 Å². The van der Waals surface area contributed by atoms with Crippen LogP contribution in [0.1, 0.15) is 55.3 Å². The van der Waals surface area contributed by atoms with Gasteiger partial charge in [-0.3, -0.25) is 14.4 Å². The van der Waals surface area contributed by atoms with Crippen molar-refractivity contribution >= 4 is 34.8 Å². The third-order valence-electron chi connectivity index (χ3n) is 5.86. The van der Waals surface area contributed by atoms with Crippen molar-refractivity contribution < 1.29 is 14.4 Å². The summed E-state index contributed by atoms with van der Waals surface area (Å²) in [7, 11) is 0. The maximum absolute atomic E-state index is 12.9. The van der Waals surface area contributed by atoms with Crippen LogP contribution in [-0.4, -0.2) is 23.4 Å². The maximum Gasteiger partial charge on any atom is 0.267 e. The van der Waals surface area contributed by atoms with Crippen LogP contribution >= 0.6 is 0 Å². The van der Waals surface area contributed by atoms with Gasteiger partial charge in [-0.15, -0.1) is 0 Å². The Labute approximate surface area is 187 Å². The number of benzene rings is 2. The molecule has 4 rings (SSSR count). The summed E-state index contributed by atoms with van der Waals surface area (Å²) in [5.41, 5.74) is 4.67. The Bertz CT molecular complexity index is 1090. The van der Waals surface area contributed by atoms with Crippen LogP contribution in [0.5, 0.6) is 0 Å². The van der Waals surface area contributed by atoms with Gasteiger partial charge in [-0.25, -0.2) is 5.01 Å². The molecule has 166 valence electrons. The van der Waals surface area contributed by atoms with Crippen molar-refractivity contribution in [3.63, 3.8) is 0 Å². The third-order valence-corrected chi connectivity index (χ3v) is 5.86. The number of rotatable bonds is 6. The van der Waals surface area contributed by atoms with E-state index < -0.39 is 0 Å². The van der Waals surface area contributed by atoms with Gasteiger partial charge in [0.15, 0.2) is 0 Å². The Morgan fingerprint density at radius 1 is 1.06 bits per heavy atom. The topological polar surface area (TPSA) is 90.9 Å². The standard InChI is InChI=1S/C25H28N4O3/c1-15-4-5-16(2)22(14-15)29-23(30)13-12-21(28-29)25(32)26-17(3)18-8-10-20(11-9-18)27-24(31)19-6-7-19/h4-5,8-11,14,17,19H,6-7,12-13H2,1-3H3,(H,26,32)(H,27,31). The first-order valence-corrected chi connectivity index (χ1v) is 11.0. The minimum absolute atomic E-state index is 0.0670. The van der Waals surface area contributed by atoms with Crippen molar-refractivity contribution in [1.82, 2.24) is 5.32 Å². The number of nitrogens with zero attached hydrogens (tertiary/aromatic N) is 2. The van der Waals surface area contributed by atoms with E-state index in [2.05, 4.69) is 15.7 Å². The molecule has 2 N–H and O–H groups in total. The number of nitrogens with one attached hydrogen (secondary N) is 2. The lowest BCUT2D eigenvalue weighted by Gasteiger charge is -2.25. The van der Waals surface area contributed by atoms with Gasteiger partial charge in [0.25, 0.3) is 5.91 Å². The predicted molar refractivity (Wildman–Crippen MR) is 124 cm³/mol. The van der Waals surface area contributed by atoms with Gasteiger partial charge in [0.1, 0.15) is 5.71 Å². The molecule has 0 radical (unpaired) electrons. The van der Waals surface area contributed by atoms with Gasteiger partial charge < -0.3 is 10.6 Å². The van der Waals surface area contributed by atoms with Gasteiger partial charge >= 0.3 is 0 Å². The van der Waals surface area contributed by atoms with Gasteiger partial charge in [-0.1, -0.05) is 24.3 Å². The van der Waals surface area contributed by atoms with Gasteiger partial charge in [-0.2, -0.15) is 5.10 Å². The molecule has 0 saturated heterocycles. The molecular weight excluding hydrogens is 404 g/mol. The molecule has 0 spiro atoms. The minimum atomic E-state index is -0.286. The van der Waals surface area contributed by atoms with Crippen molar-refractivity contribution in [3.05, 3.63) is 59.2 Å². The van der Waals surface area contributed by atoms with Crippen LogP contribution in [0.3, 0.4) is 0 Å². The molecular formula is C25H28N4O3. The van der Waals surface area contributed by atoms with E-state index >= 15 is 0 Å². The highest BCUT2D eigenvalue weighted by atomic mass is 16.2. The van der Waals surface area contributed by atoms with Crippen molar-refractivity contribution in [2.24, 2.45) is 11.0 Å². The van der Waals surface area contributed by atoms with Crippen molar-refractivity contribution in [2.75, 3.05) is 10.3 Å². The average molecular weight is 433 g/mol. The lowest BCUT2D eigenvalue weighted by atomic mass is 10.1. The first kappa shape index (κ1) is 21.7. The molecule has 1 heterocycles. The molecule has 1 aliphatic carbocycles. The number of anilines is 2. The van der Waals surface area contributed by atoms with E-state index in [1.807, 2.05) is 63.2 Å². The minimum Gasteiger partial charge on any atom is -0.344 e. The Hall–Kier alpha value is -3.48. The zero-order chi connectivity index (χ0) is 22.8. The molecule has 1 unspecified atom stereocenters. The molecule has 1 fully saturated rings. The molecule has 1 saturated carbocycles. The first-order chi connectivity index (χ1) is 15.3. The van der Waals surface area contributed by atoms with Gasteiger partial charge in [0.2, 0.25) is 11.8 Å². The summed E-state index contributed by atoms with van der Waals surface area (Å²) in [5, 5.41) is 11.6. The highest BCUT2D eigenvalue weighted by molar-refractivity contribution is 6.40. The lowest BCUT2D eigenvalue weighted by molar-refractivity contribution is -0.119. The molecule has 1 atom stereocenters. The van der Waals surface area contributed by atoms with Crippen LogP contribution in [0.4, 0.5) is 11.4 Å². The molecule has 32 heavy (non-hydrogen) atoms. The number of aryl methyl sites for hydroxylation is 2. The smallest absolute Gasteiger partial charge is 0.267 e. The van der Waals surface area contributed by atoms with E-state index in [-0.39, 0.29) is 36.1 Å². The van der Waals surface area contributed by atoms with E-state index in [1.54, 1.807) is 0 Å². The molecule has 0 aromatic heterocycles. The average Bonchev–Trinajstić information content (AvgIpc) is 3.62.